The maximum atomic E-state index is 13.8. The Bertz CT molecular complexity index is 1100. The van der Waals surface area contributed by atoms with Crippen LogP contribution in [0.15, 0.2) is 36.4 Å². The van der Waals surface area contributed by atoms with Gasteiger partial charge in [-0.1, -0.05) is 30.7 Å². The van der Waals surface area contributed by atoms with E-state index in [9.17, 15) is 4.79 Å². The molecule has 8 nitrogen and oxygen atoms in total. The van der Waals surface area contributed by atoms with E-state index >= 15 is 0 Å². The number of unbranched alkanes of at least 4 members (excludes halogenated alkanes) is 1. The third-order valence-corrected chi connectivity index (χ3v) is 7.28. The van der Waals surface area contributed by atoms with Gasteiger partial charge >= 0.3 is 0 Å². The standard InChI is InChI=1S/C27H35N3O5S/c1-4-5-16-35-21-9-6-8-20(19-21)26(31)30(13-7-12-29-14-17-34-18-15-29)27-28-24-22(32-2)10-11-23(33-3)25(24)36-27/h6,8-11,19H,4-5,7,12-18H2,1-3H3. The minimum absolute atomic E-state index is 0.102. The average Bonchev–Trinajstić information content (AvgIpc) is 3.36. The molecule has 1 aromatic heterocycles. The molecule has 0 saturated carbocycles. The number of aromatic nitrogens is 1. The number of methoxy groups -OCH3 is 2. The molecule has 1 aliphatic heterocycles. The fraction of sp³-hybridized carbons (Fsp3) is 0.481. The van der Waals surface area contributed by atoms with Crippen LogP contribution < -0.4 is 19.1 Å². The summed E-state index contributed by atoms with van der Waals surface area (Å²) in [5.74, 6) is 1.96. The Morgan fingerprint density at radius 3 is 2.64 bits per heavy atom. The van der Waals surface area contributed by atoms with E-state index in [1.165, 1.54) is 11.3 Å². The first kappa shape index (κ1) is 26.2. The van der Waals surface area contributed by atoms with Gasteiger partial charge in [0, 0.05) is 31.7 Å². The van der Waals surface area contributed by atoms with Gasteiger partial charge in [-0.2, -0.15) is 0 Å². The molecule has 1 amide bonds. The van der Waals surface area contributed by atoms with Crippen molar-refractivity contribution in [2.24, 2.45) is 0 Å². The van der Waals surface area contributed by atoms with Crippen molar-refractivity contribution in [2.45, 2.75) is 26.2 Å². The van der Waals surface area contributed by atoms with E-state index in [4.69, 9.17) is 23.9 Å². The monoisotopic (exact) mass is 513 g/mol. The largest absolute Gasteiger partial charge is 0.495 e. The first-order valence-electron chi connectivity index (χ1n) is 12.5. The number of benzene rings is 2. The number of nitrogens with zero attached hydrogens (tertiary/aromatic N) is 3. The van der Waals surface area contributed by atoms with Crippen molar-refractivity contribution in [2.75, 3.05) is 65.1 Å². The van der Waals surface area contributed by atoms with Gasteiger partial charge in [-0.25, -0.2) is 4.98 Å². The molecule has 1 saturated heterocycles. The number of carbonyl (C=O) groups excluding carboxylic acids is 1. The summed E-state index contributed by atoms with van der Waals surface area (Å²) in [5.41, 5.74) is 1.27. The zero-order valence-electron chi connectivity index (χ0n) is 21.3. The second kappa shape index (κ2) is 12.9. The van der Waals surface area contributed by atoms with Crippen molar-refractivity contribution >= 4 is 32.6 Å². The summed E-state index contributed by atoms with van der Waals surface area (Å²) >= 11 is 1.44. The van der Waals surface area contributed by atoms with E-state index in [2.05, 4.69) is 11.8 Å². The van der Waals surface area contributed by atoms with Gasteiger partial charge in [0.15, 0.2) is 5.13 Å². The van der Waals surface area contributed by atoms with E-state index in [-0.39, 0.29) is 5.91 Å². The molecular weight excluding hydrogens is 478 g/mol. The summed E-state index contributed by atoms with van der Waals surface area (Å²) in [7, 11) is 3.26. The van der Waals surface area contributed by atoms with Crippen molar-refractivity contribution in [3.05, 3.63) is 42.0 Å². The van der Waals surface area contributed by atoms with E-state index < -0.39 is 0 Å². The van der Waals surface area contributed by atoms with Crippen molar-refractivity contribution < 1.29 is 23.7 Å². The van der Waals surface area contributed by atoms with Crippen LogP contribution in [0.5, 0.6) is 17.2 Å². The summed E-state index contributed by atoms with van der Waals surface area (Å²) in [6, 6.07) is 11.1. The third kappa shape index (κ3) is 6.27. The summed E-state index contributed by atoms with van der Waals surface area (Å²) < 4.78 is 23.3. The van der Waals surface area contributed by atoms with E-state index in [1.807, 2.05) is 36.4 Å². The molecule has 0 aliphatic carbocycles. The molecule has 0 atom stereocenters. The first-order valence-corrected chi connectivity index (χ1v) is 13.3. The van der Waals surface area contributed by atoms with Crippen molar-refractivity contribution in [1.82, 2.24) is 9.88 Å². The van der Waals surface area contributed by atoms with Crippen LogP contribution in [0.1, 0.15) is 36.5 Å². The number of anilines is 1. The lowest BCUT2D eigenvalue weighted by Crippen LogP contribution is -2.39. The number of morpholine rings is 1. The smallest absolute Gasteiger partial charge is 0.260 e. The Balaban J connectivity index is 1.62. The van der Waals surface area contributed by atoms with Crippen molar-refractivity contribution in [3.63, 3.8) is 0 Å². The van der Waals surface area contributed by atoms with Crippen molar-refractivity contribution in [3.8, 4) is 17.2 Å². The second-order valence-electron chi connectivity index (χ2n) is 8.64. The number of carbonyl (C=O) groups is 1. The minimum atomic E-state index is -0.102. The molecule has 2 heterocycles. The topological polar surface area (TPSA) is 73.4 Å². The number of thiazole rings is 1. The minimum Gasteiger partial charge on any atom is -0.495 e. The predicted octanol–water partition coefficient (Wildman–Crippen LogP) is 4.86. The van der Waals surface area contributed by atoms with Gasteiger partial charge in [-0.05, 0) is 43.2 Å². The summed E-state index contributed by atoms with van der Waals surface area (Å²) in [6.07, 6.45) is 2.85. The van der Waals surface area contributed by atoms with E-state index in [0.29, 0.717) is 46.6 Å². The maximum absolute atomic E-state index is 13.8. The number of fused-ring (bicyclic) bond motifs is 1. The molecule has 1 aliphatic rings. The van der Waals surface area contributed by atoms with Crippen LogP contribution in [0.4, 0.5) is 5.13 Å². The SMILES string of the molecule is CCCCOc1cccc(C(=O)N(CCCN2CCOCC2)c2nc3c(OC)ccc(OC)c3s2)c1. The highest BCUT2D eigenvalue weighted by atomic mass is 32.1. The molecule has 0 unspecified atom stereocenters. The van der Waals surface area contributed by atoms with Crippen LogP contribution in [0, 0.1) is 0 Å². The van der Waals surface area contributed by atoms with Crippen LogP contribution in [0.3, 0.4) is 0 Å². The zero-order valence-corrected chi connectivity index (χ0v) is 22.1. The Labute approximate surface area is 216 Å². The summed E-state index contributed by atoms with van der Waals surface area (Å²) in [4.78, 5) is 22.8. The zero-order chi connectivity index (χ0) is 25.3. The molecule has 0 radical (unpaired) electrons. The normalized spacial score (nSPS) is 14.1. The van der Waals surface area contributed by atoms with Gasteiger partial charge in [0.25, 0.3) is 5.91 Å². The Kier molecular flexibility index (Phi) is 9.38. The fourth-order valence-electron chi connectivity index (χ4n) is 4.16. The number of amides is 1. The van der Waals surface area contributed by atoms with Crippen LogP contribution in [0.25, 0.3) is 10.2 Å². The molecule has 2 aromatic carbocycles. The molecule has 9 heteroatoms. The summed E-state index contributed by atoms with van der Waals surface area (Å²) in [5, 5.41) is 0.622. The Morgan fingerprint density at radius 2 is 1.89 bits per heavy atom. The number of hydrogen-bond acceptors (Lipinski definition) is 8. The highest BCUT2D eigenvalue weighted by Gasteiger charge is 2.24. The number of ether oxygens (including phenoxy) is 4. The molecule has 3 aromatic rings. The van der Waals surface area contributed by atoms with Crippen molar-refractivity contribution in [1.29, 1.82) is 0 Å². The Morgan fingerprint density at radius 1 is 1.11 bits per heavy atom. The number of rotatable bonds is 12. The molecule has 194 valence electrons. The van der Waals surface area contributed by atoms with Crippen LogP contribution in [-0.2, 0) is 4.74 Å². The lowest BCUT2D eigenvalue weighted by molar-refractivity contribution is 0.0376. The lowest BCUT2D eigenvalue weighted by Gasteiger charge is -2.27. The van der Waals surface area contributed by atoms with Crippen LogP contribution >= 0.6 is 11.3 Å². The quantitative estimate of drug-likeness (QED) is 0.320. The second-order valence-corrected chi connectivity index (χ2v) is 9.62. The van der Waals surface area contributed by atoms with Gasteiger partial charge in [0.1, 0.15) is 27.5 Å². The predicted molar refractivity (Wildman–Crippen MR) is 143 cm³/mol. The van der Waals surface area contributed by atoms with E-state index in [1.54, 1.807) is 19.1 Å². The average molecular weight is 514 g/mol. The van der Waals surface area contributed by atoms with Gasteiger partial charge in [0.05, 0.1) is 34.0 Å². The third-order valence-electron chi connectivity index (χ3n) is 6.18. The van der Waals surface area contributed by atoms with Gasteiger partial charge in [0.2, 0.25) is 0 Å². The summed E-state index contributed by atoms with van der Waals surface area (Å²) in [6.45, 7) is 7.54. The lowest BCUT2D eigenvalue weighted by atomic mass is 10.2. The maximum Gasteiger partial charge on any atom is 0.260 e. The van der Waals surface area contributed by atoms with E-state index in [0.717, 1.165) is 56.8 Å². The number of hydrogen-bond donors (Lipinski definition) is 0. The highest BCUT2D eigenvalue weighted by molar-refractivity contribution is 7.22. The van der Waals surface area contributed by atoms with Crippen LogP contribution in [-0.4, -0.2) is 76.0 Å². The molecule has 4 rings (SSSR count). The molecule has 36 heavy (non-hydrogen) atoms. The molecule has 1 fully saturated rings. The molecular formula is C27H35N3O5S. The first-order chi connectivity index (χ1) is 17.6. The molecule has 0 N–H and O–H groups in total. The highest BCUT2D eigenvalue weighted by Crippen LogP contribution is 2.40. The van der Waals surface area contributed by atoms with Gasteiger partial charge in [-0.3, -0.25) is 14.6 Å². The van der Waals surface area contributed by atoms with Crippen LogP contribution in [0.2, 0.25) is 0 Å². The van der Waals surface area contributed by atoms with Gasteiger partial charge < -0.3 is 18.9 Å². The Hall–Kier alpha value is -2.88. The molecule has 0 bridgehead atoms. The fourth-order valence-corrected chi connectivity index (χ4v) is 5.26. The van der Waals surface area contributed by atoms with Gasteiger partial charge in [-0.15, -0.1) is 0 Å². The molecule has 0 spiro atoms.